The summed E-state index contributed by atoms with van der Waals surface area (Å²) in [5.41, 5.74) is 2.10. The summed E-state index contributed by atoms with van der Waals surface area (Å²) < 4.78 is 60.6. The maximum absolute atomic E-state index is 13.0. The first-order chi connectivity index (χ1) is 22.8. The second-order valence-corrected chi connectivity index (χ2v) is 10.0. The molecular formula is C31H30F3N5O9. The van der Waals surface area contributed by atoms with Crippen LogP contribution in [0.2, 0.25) is 0 Å². The molecule has 17 heteroatoms. The summed E-state index contributed by atoms with van der Waals surface area (Å²) in [6.45, 7) is 3.36. The number of allylic oxidation sites excluding steroid dienone is 1. The average molecular weight is 674 g/mol. The first kappa shape index (κ1) is 35.0. The van der Waals surface area contributed by atoms with Gasteiger partial charge in [-0.25, -0.2) is 9.59 Å². The van der Waals surface area contributed by atoms with Crippen molar-refractivity contribution in [3.8, 4) is 23.0 Å². The molecule has 0 spiro atoms. The summed E-state index contributed by atoms with van der Waals surface area (Å²) in [5, 5.41) is 30.8. The fourth-order valence-corrected chi connectivity index (χ4v) is 4.49. The van der Waals surface area contributed by atoms with Crippen molar-refractivity contribution < 1.29 is 51.7 Å². The number of halogens is 3. The monoisotopic (exact) mass is 673 g/mol. The van der Waals surface area contributed by atoms with E-state index in [4.69, 9.17) is 18.9 Å². The summed E-state index contributed by atoms with van der Waals surface area (Å²) in [6, 6.07) is 11.4. The van der Waals surface area contributed by atoms with Crippen molar-refractivity contribution in [2.45, 2.75) is 32.3 Å². The summed E-state index contributed by atoms with van der Waals surface area (Å²) >= 11 is 0. The number of methoxy groups -OCH3 is 1. The van der Waals surface area contributed by atoms with Gasteiger partial charge < -0.3 is 34.7 Å². The van der Waals surface area contributed by atoms with Crippen LogP contribution < -0.4 is 30.3 Å². The van der Waals surface area contributed by atoms with Crippen molar-refractivity contribution in [1.29, 1.82) is 0 Å². The lowest BCUT2D eigenvalue weighted by atomic mass is 9.95. The zero-order chi connectivity index (χ0) is 35.0. The number of rotatable bonds is 13. The van der Waals surface area contributed by atoms with E-state index in [9.17, 15) is 38.0 Å². The number of ether oxygens (including phenoxy) is 4. The van der Waals surface area contributed by atoms with Gasteiger partial charge in [0, 0.05) is 11.8 Å². The van der Waals surface area contributed by atoms with E-state index >= 15 is 0 Å². The van der Waals surface area contributed by atoms with E-state index < -0.39 is 46.6 Å². The Bertz CT molecular complexity index is 1730. The van der Waals surface area contributed by atoms with Gasteiger partial charge >= 0.3 is 23.9 Å². The Morgan fingerprint density at radius 2 is 1.81 bits per heavy atom. The van der Waals surface area contributed by atoms with E-state index in [1.165, 1.54) is 37.6 Å². The highest BCUT2D eigenvalue weighted by Gasteiger charge is 2.34. The van der Waals surface area contributed by atoms with Crippen molar-refractivity contribution in [3.63, 3.8) is 0 Å². The predicted octanol–water partition coefficient (Wildman–Crippen LogP) is 4.93. The van der Waals surface area contributed by atoms with Crippen molar-refractivity contribution >= 4 is 23.9 Å². The maximum Gasteiger partial charge on any atom is 0.416 e. The van der Waals surface area contributed by atoms with Gasteiger partial charge in [0.05, 0.1) is 42.0 Å². The molecule has 0 bridgehead atoms. The first-order valence-corrected chi connectivity index (χ1v) is 14.2. The van der Waals surface area contributed by atoms with E-state index in [1.54, 1.807) is 32.0 Å². The molecule has 4 rings (SSSR count). The molecule has 1 aliphatic heterocycles. The quantitative estimate of drug-likeness (QED) is 0.0639. The number of aliphatic hydroxyl groups excluding tert-OH is 1. The molecule has 4 N–H and O–H groups in total. The molecule has 0 saturated heterocycles. The number of urea groups is 1. The van der Waals surface area contributed by atoms with Crippen LogP contribution in [0.1, 0.15) is 36.6 Å². The normalized spacial score (nSPS) is 15.3. The molecule has 1 heterocycles. The minimum absolute atomic E-state index is 0.128. The highest BCUT2D eigenvalue weighted by Crippen LogP contribution is 2.38. The number of nitro benzene ring substituents is 1. The number of alkyl halides is 3. The highest BCUT2D eigenvalue weighted by molar-refractivity contribution is 5.95. The number of hydrazone groups is 1. The van der Waals surface area contributed by atoms with Crippen LogP contribution in [0.25, 0.3) is 0 Å². The van der Waals surface area contributed by atoms with Gasteiger partial charge in [-0.2, -0.15) is 18.3 Å². The average Bonchev–Trinajstić information content (AvgIpc) is 3.04. The molecule has 3 aromatic carbocycles. The van der Waals surface area contributed by atoms with Crippen molar-refractivity contribution in [2.24, 2.45) is 5.10 Å². The third kappa shape index (κ3) is 8.69. The zero-order valence-electron chi connectivity index (χ0n) is 25.7. The number of nitrogens with zero attached hydrogens (tertiary/aromatic N) is 2. The van der Waals surface area contributed by atoms with E-state index in [1.807, 2.05) is 0 Å². The molecule has 14 nitrogen and oxygen atoms in total. The van der Waals surface area contributed by atoms with Crippen LogP contribution in [-0.4, -0.2) is 54.8 Å². The van der Waals surface area contributed by atoms with Crippen LogP contribution in [0.5, 0.6) is 23.0 Å². The van der Waals surface area contributed by atoms with E-state index in [2.05, 4.69) is 21.2 Å². The summed E-state index contributed by atoms with van der Waals surface area (Å²) in [6.07, 6.45) is -4.66. The SMILES string of the molecule is CCOc1cc([C@@H]2NC(=O)NC(C)=C2C(=O)OC)ccc1OC[C@H](O)N/N=C\c1ccc(Oc2ccc(C(F)(F)F)cc2[N+](=O)[O-])cc1. The molecule has 0 aromatic heterocycles. The smallest absolute Gasteiger partial charge is 0.416 e. The molecule has 3 aromatic rings. The van der Waals surface area contributed by atoms with E-state index in [0.717, 1.165) is 6.07 Å². The molecule has 48 heavy (non-hydrogen) atoms. The standard InChI is InChI=1S/C31H30F3N5O9/c1-4-46-25-13-19(28-27(29(41)45-3)17(2)36-30(42)37-28)7-11-24(25)47-16-26(40)38-35-15-18-5-9-21(10-6-18)48-23-12-8-20(31(32,33)34)14-22(23)39(43)44/h5-15,26,28,38,40H,4,16H2,1-3H3,(H2,36,37,42)/b35-15-/t26-,28-/m0/s1. The molecule has 1 aliphatic rings. The number of nitro groups is 1. The number of benzene rings is 3. The Hall–Kier alpha value is -5.84. The number of hydrogen-bond donors (Lipinski definition) is 4. The second kappa shape index (κ2) is 15.2. The maximum atomic E-state index is 13.0. The molecule has 254 valence electrons. The van der Waals surface area contributed by atoms with Gasteiger partial charge in [0.15, 0.2) is 17.7 Å². The number of amides is 2. The van der Waals surface area contributed by atoms with Crippen LogP contribution in [0.4, 0.5) is 23.7 Å². The van der Waals surface area contributed by atoms with Gasteiger partial charge in [0.25, 0.3) is 0 Å². The molecule has 0 aliphatic carbocycles. The molecule has 2 amide bonds. The lowest BCUT2D eigenvalue weighted by Crippen LogP contribution is -2.45. The molecule has 0 fully saturated rings. The minimum Gasteiger partial charge on any atom is -0.490 e. The Balaban J connectivity index is 1.36. The van der Waals surface area contributed by atoms with Crippen LogP contribution in [-0.2, 0) is 15.7 Å². The number of carbonyl (C=O) groups excluding carboxylic acids is 2. The molecule has 0 radical (unpaired) electrons. The largest absolute Gasteiger partial charge is 0.490 e. The third-order valence-electron chi connectivity index (χ3n) is 6.70. The summed E-state index contributed by atoms with van der Waals surface area (Å²) in [7, 11) is 1.24. The summed E-state index contributed by atoms with van der Waals surface area (Å²) in [5.74, 6) is -0.286. The van der Waals surface area contributed by atoms with Gasteiger partial charge in [-0.1, -0.05) is 6.07 Å². The number of esters is 1. The third-order valence-corrected chi connectivity index (χ3v) is 6.70. The lowest BCUT2D eigenvalue weighted by molar-refractivity contribution is -0.385. The molecule has 0 unspecified atom stereocenters. The van der Waals surface area contributed by atoms with E-state index in [-0.39, 0.29) is 36.0 Å². The van der Waals surface area contributed by atoms with Crippen molar-refractivity contribution in [1.82, 2.24) is 16.1 Å². The number of aliphatic hydroxyl groups is 1. The molecule has 2 atom stereocenters. The van der Waals surface area contributed by atoms with E-state index in [0.29, 0.717) is 34.7 Å². The van der Waals surface area contributed by atoms with Crippen LogP contribution >= 0.6 is 0 Å². The first-order valence-electron chi connectivity index (χ1n) is 14.2. The van der Waals surface area contributed by atoms with Crippen LogP contribution in [0.15, 0.2) is 77.0 Å². The van der Waals surface area contributed by atoms with Gasteiger partial charge in [0.1, 0.15) is 12.4 Å². The predicted molar refractivity (Wildman–Crippen MR) is 164 cm³/mol. The lowest BCUT2D eigenvalue weighted by Gasteiger charge is -2.28. The van der Waals surface area contributed by atoms with Crippen molar-refractivity contribution in [2.75, 3.05) is 20.3 Å². The van der Waals surface area contributed by atoms with Gasteiger partial charge in [0.2, 0.25) is 5.75 Å². The zero-order valence-corrected chi connectivity index (χ0v) is 25.7. The Morgan fingerprint density at radius 3 is 2.46 bits per heavy atom. The van der Waals surface area contributed by atoms with Crippen LogP contribution in [0, 0.1) is 10.1 Å². The Kier molecular flexibility index (Phi) is 11.1. The number of carbonyl (C=O) groups is 2. The highest BCUT2D eigenvalue weighted by atomic mass is 19.4. The fourth-order valence-electron chi connectivity index (χ4n) is 4.49. The Labute approximate surface area is 271 Å². The molecule has 0 saturated carbocycles. The van der Waals surface area contributed by atoms with Gasteiger partial charge in [-0.05, 0) is 73.5 Å². The van der Waals surface area contributed by atoms with Gasteiger partial charge in [-0.3, -0.25) is 15.5 Å². The number of nitrogens with one attached hydrogen (secondary N) is 3. The van der Waals surface area contributed by atoms with Crippen LogP contribution in [0.3, 0.4) is 0 Å². The van der Waals surface area contributed by atoms with Gasteiger partial charge in [-0.15, -0.1) is 0 Å². The Morgan fingerprint density at radius 1 is 1.10 bits per heavy atom. The second-order valence-electron chi connectivity index (χ2n) is 10.0. The van der Waals surface area contributed by atoms with Crippen molar-refractivity contribution in [3.05, 3.63) is 98.7 Å². The minimum atomic E-state index is -4.75. The topological polar surface area (TPSA) is 183 Å². The summed E-state index contributed by atoms with van der Waals surface area (Å²) in [4.78, 5) is 34.9. The number of hydrogen-bond acceptors (Lipinski definition) is 11. The fraction of sp³-hybridized carbons (Fsp3) is 0.258. The molecular weight excluding hydrogens is 643 g/mol.